The number of nitrogens with one attached hydrogen (secondary N) is 1. The van der Waals surface area contributed by atoms with Crippen molar-refractivity contribution < 1.29 is 14.3 Å². The fraction of sp³-hybridized carbons (Fsp3) is 0.385. The van der Waals surface area contributed by atoms with E-state index in [-0.39, 0.29) is 17.7 Å². The Morgan fingerprint density at radius 3 is 2.76 bits per heavy atom. The number of hydrogen-bond acceptors (Lipinski definition) is 3. The minimum atomic E-state index is -0.289. The van der Waals surface area contributed by atoms with Crippen molar-refractivity contribution in [1.82, 2.24) is 5.32 Å². The number of piperidine rings is 1. The van der Waals surface area contributed by atoms with Gasteiger partial charge in [0.1, 0.15) is 5.75 Å². The maximum absolute atomic E-state index is 11.8. The first-order chi connectivity index (χ1) is 8.11. The van der Waals surface area contributed by atoms with Crippen molar-refractivity contribution in [3.8, 4) is 5.75 Å². The van der Waals surface area contributed by atoms with Gasteiger partial charge in [-0.2, -0.15) is 0 Å². The fourth-order valence-electron chi connectivity index (χ4n) is 2.12. The third kappa shape index (κ3) is 2.30. The SMILES string of the molecule is COc1ccc(C)cc1C1CCC(=O)NC1=O. The number of aryl methyl sites for hydroxylation is 1. The summed E-state index contributed by atoms with van der Waals surface area (Å²) >= 11 is 0. The van der Waals surface area contributed by atoms with Gasteiger partial charge in [-0.05, 0) is 19.4 Å². The summed E-state index contributed by atoms with van der Waals surface area (Å²) < 4.78 is 5.26. The zero-order valence-corrected chi connectivity index (χ0v) is 9.95. The normalized spacial score (nSPS) is 20.0. The molecule has 1 aliphatic rings. The van der Waals surface area contributed by atoms with E-state index in [1.165, 1.54) is 0 Å². The number of ether oxygens (including phenoxy) is 1. The molecule has 2 amide bonds. The van der Waals surface area contributed by atoms with Crippen LogP contribution in [-0.2, 0) is 9.59 Å². The topological polar surface area (TPSA) is 55.4 Å². The van der Waals surface area contributed by atoms with Gasteiger partial charge in [0.2, 0.25) is 11.8 Å². The van der Waals surface area contributed by atoms with E-state index in [0.29, 0.717) is 18.6 Å². The standard InChI is InChI=1S/C13H15NO3/c1-8-3-5-11(17-2)10(7-8)9-4-6-12(15)14-13(9)16/h3,5,7,9H,4,6H2,1-2H3,(H,14,15,16). The Balaban J connectivity index is 2.35. The maximum atomic E-state index is 11.8. The molecule has 1 aromatic rings. The number of rotatable bonds is 2. The third-order valence-corrected chi connectivity index (χ3v) is 3.00. The molecule has 2 rings (SSSR count). The Morgan fingerprint density at radius 2 is 2.12 bits per heavy atom. The van der Waals surface area contributed by atoms with E-state index in [9.17, 15) is 9.59 Å². The van der Waals surface area contributed by atoms with Crippen LogP contribution in [0.5, 0.6) is 5.75 Å². The van der Waals surface area contributed by atoms with Crippen molar-refractivity contribution in [3.63, 3.8) is 0 Å². The molecule has 1 unspecified atom stereocenters. The molecule has 0 saturated carbocycles. The van der Waals surface area contributed by atoms with Crippen LogP contribution in [-0.4, -0.2) is 18.9 Å². The van der Waals surface area contributed by atoms with E-state index < -0.39 is 0 Å². The molecule has 0 spiro atoms. The van der Waals surface area contributed by atoms with Crippen LogP contribution in [0.25, 0.3) is 0 Å². The summed E-state index contributed by atoms with van der Waals surface area (Å²) in [5.74, 6) is -0.0179. The fourth-order valence-corrected chi connectivity index (χ4v) is 2.12. The number of benzene rings is 1. The first kappa shape index (κ1) is 11.6. The number of carbonyl (C=O) groups is 2. The summed E-state index contributed by atoms with van der Waals surface area (Å²) in [6.07, 6.45) is 0.929. The molecule has 1 N–H and O–H groups in total. The Bertz CT molecular complexity index is 468. The molecule has 1 fully saturated rings. The summed E-state index contributed by atoms with van der Waals surface area (Å²) in [6.45, 7) is 1.97. The van der Waals surface area contributed by atoms with E-state index in [1.807, 2.05) is 25.1 Å². The molecular weight excluding hydrogens is 218 g/mol. The Labute approximate surface area is 100.0 Å². The van der Waals surface area contributed by atoms with Crippen molar-refractivity contribution in [1.29, 1.82) is 0 Å². The Morgan fingerprint density at radius 1 is 1.35 bits per heavy atom. The van der Waals surface area contributed by atoms with Crippen LogP contribution in [0.3, 0.4) is 0 Å². The average Bonchev–Trinajstić information content (AvgIpc) is 2.29. The lowest BCUT2D eigenvalue weighted by Crippen LogP contribution is -2.39. The van der Waals surface area contributed by atoms with Gasteiger partial charge in [0, 0.05) is 12.0 Å². The van der Waals surface area contributed by atoms with E-state index in [2.05, 4.69) is 5.32 Å². The van der Waals surface area contributed by atoms with E-state index in [4.69, 9.17) is 4.74 Å². The second-order valence-corrected chi connectivity index (χ2v) is 4.25. The minimum Gasteiger partial charge on any atom is -0.496 e. The molecule has 4 heteroatoms. The predicted molar refractivity (Wildman–Crippen MR) is 62.9 cm³/mol. The number of imide groups is 1. The van der Waals surface area contributed by atoms with E-state index in [0.717, 1.165) is 11.1 Å². The minimum absolute atomic E-state index is 0.196. The predicted octanol–water partition coefficient (Wildman–Crippen LogP) is 1.52. The molecule has 0 bridgehead atoms. The van der Waals surface area contributed by atoms with Gasteiger partial charge in [0.25, 0.3) is 0 Å². The average molecular weight is 233 g/mol. The van der Waals surface area contributed by atoms with Crippen molar-refractivity contribution >= 4 is 11.8 Å². The Kier molecular flexibility index (Phi) is 3.13. The zero-order chi connectivity index (χ0) is 12.4. The highest BCUT2D eigenvalue weighted by Gasteiger charge is 2.29. The van der Waals surface area contributed by atoms with Gasteiger partial charge < -0.3 is 4.74 Å². The highest BCUT2D eigenvalue weighted by atomic mass is 16.5. The van der Waals surface area contributed by atoms with Crippen molar-refractivity contribution in [2.24, 2.45) is 0 Å². The monoisotopic (exact) mass is 233 g/mol. The van der Waals surface area contributed by atoms with Crippen LogP contribution in [0.15, 0.2) is 18.2 Å². The van der Waals surface area contributed by atoms with Gasteiger partial charge in [0.15, 0.2) is 0 Å². The van der Waals surface area contributed by atoms with Crippen molar-refractivity contribution in [3.05, 3.63) is 29.3 Å². The number of methoxy groups -OCH3 is 1. The van der Waals surface area contributed by atoms with Gasteiger partial charge in [-0.15, -0.1) is 0 Å². The summed E-state index contributed by atoms with van der Waals surface area (Å²) in [5.41, 5.74) is 1.93. The molecule has 17 heavy (non-hydrogen) atoms. The number of hydrogen-bond donors (Lipinski definition) is 1. The lowest BCUT2D eigenvalue weighted by molar-refractivity contribution is -0.134. The third-order valence-electron chi connectivity index (χ3n) is 3.00. The lowest BCUT2D eigenvalue weighted by atomic mass is 9.89. The van der Waals surface area contributed by atoms with Crippen LogP contribution in [0.1, 0.15) is 29.9 Å². The Hall–Kier alpha value is -1.84. The lowest BCUT2D eigenvalue weighted by Gasteiger charge is -2.23. The quantitative estimate of drug-likeness (QED) is 0.788. The molecule has 0 aliphatic carbocycles. The molecule has 1 aromatic carbocycles. The number of amides is 2. The van der Waals surface area contributed by atoms with Crippen molar-refractivity contribution in [2.75, 3.05) is 7.11 Å². The molecule has 1 aliphatic heterocycles. The molecule has 1 saturated heterocycles. The van der Waals surface area contributed by atoms with Gasteiger partial charge in [-0.3, -0.25) is 14.9 Å². The second kappa shape index (κ2) is 4.57. The van der Waals surface area contributed by atoms with E-state index in [1.54, 1.807) is 7.11 Å². The maximum Gasteiger partial charge on any atom is 0.234 e. The first-order valence-corrected chi connectivity index (χ1v) is 5.60. The zero-order valence-electron chi connectivity index (χ0n) is 9.95. The van der Waals surface area contributed by atoms with Crippen LogP contribution >= 0.6 is 0 Å². The molecular formula is C13H15NO3. The van der Waals surface area contributed by atoms with Crippen LogP contribution < -0.4 is 10.1 Å². The van der Waals surface area contributed by atoms with Crippen LogP contribution in [0.4, 0.5) is 0 Å². The van der Waals surface area contributed by atoms with Gasteiger partial charge in [-0.1, -0.05) is 17.7 Å². The highest BCUT2D eigenvalue weighted by Crippen LogP contribution is 2.32. The highest BCUT2D eigenvalue weighted by molar-refractivity contribution is 6.01. The summed E-state index contributed by atoms with van der Waals surface area (Å²) in [7, 11) is 1.58. The summed E-state index contributed by atoms with van der Waals surface area (Å²) in [4.78, 5) is 22.9. The van der Waals surface area contributed by atoms with Gasteiger partial charge in [-0.25, -0.2) is 0 Å². The largest absolute Gasteiger partial charge is 0.496 e. The summed E-state index contributed by atoms with van der Waals surface area (Å²) in [5, 5.41) is 2.37. The van der Waals surface area contributed by atoms with Crippen LogP contribution in [0, 0.1) is 6.92 Å². The van der Waals surface area contributed by atoms with Crippen LogP contribution in [0.2, 0.25) is 0 Å². The van der Waals surface area contributed by atoms with Gasteiger partial charge in [0.05, 0.1) is 13.0 Å². The molecule has 4 nitrogen and oxygen atoms in total. The molecule has 1 atom stereocenters. The molecule has 0 aromatic heterocycles. The summed E-state index contributed by atoms with van der Waals surface area (Å²) in [6, 6.07) is 5.74. The first-order valence-electron chi connectivity index (χ1n) is 5.60. The van der Waals surface area contributed by atoms with Gasteiger partial charge >= 0.3 is 0 Å². The van der Waals surface area contributed by atoms with E-state index >= 15 is 0 Å². The van der Waals surface area contributed by atoms with Crippen molar-refractivity contribution in [2.45, 2.75) is 25.7 Å². The second-order valence-electron chi connectivity index (χ2n) is 4.25. The smallest absolute Gasteiger partial charge is 0.234 e. The molecule has 90 valence electrons. The number of carbonyl (C=O) groups excluding carboxylic acids is 2. The molecule has 1 heterocycles. The molecule has 0 radical (unpaired) electrons.